The minimum Gasteiger partial charge on any atom is -0.478 e. The highest BCUT2D eigenvalue weighted by Crippen LogP contribution is 2.42. The number of ether oxygens (including phenoxy) is 2. The van der Waals surface area contributed by atoms with E-state index >= 15 is 0 Å². The van der Waals surface area contributed by atoms with Gasteiger partial charge in [-0.1, -0.05) is 6.07 Å². The van der Waals surface area contributed by atoms with Crippen LogP contribution >= 0.6 is 11.8 Å². The fraction of sp³-hybridized carbons (Fsp3) is 0.409. The van der Waals surface area contributed by atoms with Crippen LogP contribution in [0.2, 0.25) is 0 Å². The van der Waals surface area contributed by atoms with Crippen LogP contribution in [-0.2, 0) is 21.9 Å². The molecule has 0 unspecified atom stereocenters. The quantitative estimate of drug-likeness (QED) is 0.257. The molecule has 0 heterocycles. The molecule has 0 aliphatic heterocycles. The second kappa shape index (κ2) is 9.25. The summed E-state index contributed by atoms with van der Waals surface area (Å²) in [6.45, 7) is 6.24. The molecule has 3 nitrogen and oxygen atoms in total. The van der Waals surface area contributed by atoms with Crippen molar-refractivity contribution in [2.75, 3.05) is 6.26 Å². The summed E-state index contributed by atoms with van der Waals surface area (Å²) in [5.74, 6) is -0.946. The summed E-state index contributed by atoms with van der Waals surface area (Å²) < 4.78 is 91.0. The van der Waals surface area contributed by atoms with E-state index in [1.165, 1.54) is 25.3 Å². The molecule has 2 aromatic rings. The lowest BCUT2D eigenvalue weighted by molar-refractivity contribution is -0.162. The average Bonchev–Trinajstić information content (AvgIpc) is 2.64. The Kier molecular flexibility index (Phi) is 7.48. The molecule has 0 amide bonds. The molecule has 0 bridgehead atoms. The fourth-order valence-corrected chi connectivity index (χ4v) is 3.35. The Bertz CT molecular complexity index is 977. The van der Waals surface area contributed by atoms with Gasteiger partial charge in [-0.2, -0.15) is 26.3 Å². The summed E-state index contributed by atoms with van der Waals surface area (Å²) in [4.78, 5) is 12.2. The SMILES string of the molecule is CSc1ccc(-c2cc(C(F)(F)F)ccc2O[C@@H](C)C(=O)OC(C)(C)C)cc1C(F)(F)F. The van der Waals surface area contributed by atoms with E-state index in [1.807, 2.05) is 0 Å². The zero-order valence-corrected chi connectivity index (χ0v) is 18.8. The van der Waals surface area contributed by atoms with Crippen molar-refractivity contribution < 1.29 is 40.6 Å². The van der Waals surface area contributed by atoms with E-state index in [0.717, 1.165) is 30.0 Å². The van der Waals surface area contributed by atoms with Crippen molar-refractivity contribution in [1.29, 1.82) is 0 Å². The molecule has 0 N–H and O–H groups in total. The van der Waals surface area contributed by atoms with E-state index in [1.54, 1.807) is 20.8 Å². The summed E-state index contributed by atoms with van der Waals surface area (Å²) >= 11 is 0.865. The Morgan fingerprint density at radius 3 is 2.06 bits per heavy atom. The lowest BCUT2D eigenvalue weighted by atomic mass is 9.99. The van der Waals surface area contributed by atoms with Gasteiger partial charge >= 0.3 is 18.3 Å². The summed E-state index contributed by atoms with van der Waals surface area (Å²) in [5.41, 5.74) is -3.23. The number of thioether (sulfide) groups is 1. The number of esters is 1. The van der Waals surface area contributed by atoms with Crippen LogP contribution in [0.15, 0.2) is 41.3 Å². The number of alkyl halides is 6. The summed E-state index contributed by atoms with van der Waals surface area (Å²) in [6.07, 6.45) is -9.18. The molecule has 0 aromatic heterocycles. The topological polar surface area (TPSA) is 35.5 Å². The van der Waals surface area contributed by atoms with Crippen molar-refractivity contribution in [1.82, 2.24) is 0 Å². The molecule has 10 heteroatoms. The van der Waals surface area contributed by atoms with Crippen LogP contribution in [0, 0.1) is 0 Å². The molecule has 32 heavy (non-hydrogen) atoms. The number of benzene rings is 2. The van der Waals surface area contributed by atoms with Crippen molar-refractivity contribution in [3.05, 3.63) is 47.5 Å². The number of carbonyl (C=O) groups is 1. The molecular weight excluding hydrogens is 458 g/mol. The highest BCUT2D eigenvalue weighted by molar-refractivity contribution is 7.98. The van der Waals surface area contributed by atoms with Crippen molar-refractivity contribution >= 4 is 17.7 Å². The molecule has 0 spiro atoms. The molecule has 1 atom stereocenters. The Balaban J connectivity index is 2.59. The van der Waals surface area contributed by atoms with Gasteiger partial charge in [-0.05, 0) is 69.8 Å². The van der Waals surface area contributed by atoms with E-state index in [-0.39, 0.29) is 21.8 Å². The minimum absolute atomic E-state index is 0.0715. The number of hydrogen-bond donors (Lipinski definition) is 0. The van der Waals surface area contributed by atoms with Gasteiger partial charge in [-0.25, -0.2) is 4.79 Å². The molecule has 0 aliphatic rings. The van der Waals surface area contributed by atoms with Crippen LogP contribution in [0.5, 0.6) is 5.75 Å². The Morgan fingerprint density at radius 1 is 0.938 bits per heavy atom. The smallest absolute Gasteiger partial charge is 0.417 e. The monoisotopic (exact) mass is 480 g/mol. The fourth-order valence-electron chi connectivity index (χ4n) is 2.76. The molecule has 2 aromatic carbocycles. The van der Waals surface area contributed by atoms with Crippen LogP contribution in [0.25, 0.3) is 11.1 Å². The number of rotatable bonds is 5. The van der Waals surface area contributed by atoms with Gasteiger partial charge in [0.15, 0.2) is 6.10 Å². The zero-order valence-electron chi connectivity index (χ0n) is 17.9. The molecule has 0 saturated heterocycles. The predicted molar refractivity (Wildman–Crippen MR) is 110 cm³/mol. The number of hydrogen-bond acceptors (Lipinski definition) is 4. The van der Waals surface area contributed by atoms with Crippen LogP contribution < -0.4 is 4.74 Å². The lowest BCUT2D eigenvalue weighted by Gasteiger charge is -2.24. The maximum atomic E-state index is 13.5. The Hall–Kier alpha value is -2.36. The maximum Gasteiger partial charge on any atom is 0.417 e. The highest BCUT2D eigenvalue weighted by atomic mass is 32.2. The second-order valence-corrected chi connectivity index (χ2v) is 8.76. The molecule has 0 aliphatic carbocycles. The van der Waals surface area contributed by atoms with Crippen molar-refractivity contribution in [2.45, 2.75) is 56.6 Å². The molecule has 0 saturated carbocycles. The largest absolute Gasteiger partial charge is 0.478 e. The Labute approximate surface area is 186 Å². The van der Waals surface area contributed by atoms with Gasteiger partial charge in [0.1, 0.15) is 11.4 Å². The van der Waals surface area contributed by atoms with E-state index < -0.39 is 41.2 Å². The van der Waals surface area contributed by atoms with Crippen LogP contribution in [0.4, 0.5) is 26.3 Å². The van der Waals surface area contributed by atoms with Gasteiger partial charge in [0, 0.05) is 10.5 Å². The van der Waals surface area contributed by atoms with Gasteiger partial charge in [0.2, 0.25) is 0 Å². The summed E-state index contributed by atoms with van der Waals surface area (Å²) in [5, 5.41) is 0. The molecule has 176 valence electrons. The normalized spacial score (nSPS) is 13.6. The average molecular weight is 480 g/mol. The molecular formula is C22H22F6O3S. The first-order valence-corrected chi connectivity index (χ1v) is 10.6. The molecule has 2 rings (SSSR count). The van der Waals surface area contributed by atoms with E-state index in [9.17, 15) is 31.1 Å². The van der Waals surface area contributed by atoms with Crippen molar-refractivity contribution in [3.63, 3.8) is 0 Å². The maximum absolute atomic E-state index is 13.5. The predicted octanol–water partition coefficient (Wildman–Crippen LogP) is 7.22. The van der Waals surface area contributed by atoms with Gasteiger partial charge in [0.05, 0.1) is 11.1 Å². The van der Waals surface area contributed by atoms with Gasteiger partial charge in [-0.15, -0.1) is 11.8 Å². The number of halogens is 6. The van der Waals surface area contributed by atoms with Gasteiger partial charge in [-0.3, -0.25) is 0 Å². The third-order valence-corrected chi connectivity index (χ3v) is 4.96. The van der Waals surface area contributed by atoms with Gasteiger partial charge in [0.25, 0.3) is 0 Å². The van der Waals surface area contributed by atoms with Crippen molar-refractivity contribution in [3.8, 4) is 16.9 Å². The zero-order chi connectivity index (χ0) is 24.5. The van der Waals surface area contributed by atoms with E-state index in [0.29, 0.717) is 6.07 Å². The van der Waals surface area contributed by atoms with Crippen molar-refractivity contribution in [2.24, 2.45) is 0 Å². The summed E-state index contributed by atoms with van der Waals surface area (Å²) in [6, 6.07) is 5.65. The van der Waals surface area contributed by atoms with Crippen LogP contribution in [-0.4, -0.2) is 23.9 Å². The second-order valence-electron chi connectivity index (χ2n) is 7.92. The minimum atomic E-state index is -4.73. The summed E-state index contributed by atoms with van der Waals surface area (Å²) in [7, 11) is 0. The first-order chi connectivity index (χ1) is 14.5. The Morgan fingerprint density at radius 2 is 1.56 bits per heavy atom. The van der Waals surface area contributed by atoms with Gasteiger partial charge < -0.3 is 9.47 Å². The highest BCUT2D eigenvalue weighted by Gasteiger charge is 2.35. The van der Waals surface area contributed by atoms with E-state index in [2.05, 4.69) is 0 Å². The first kappa shape index (κ1) is 25.9. The number of carbonyl (C=O) groups excluding carboxylic acids is 1. The van der Waals surface area contributed by atoms with Crippen LogP contribution in [0.3, 0.4) is 0 Å². The standard InChI is InChI=1S/C22H22F6O3S/c1-12(19(29)31-20(2,3)4)30-17-8-7-14(21(23,24)25)11-15(17)13-6-9-18(32-5)16(10-13)22(26,27)28/h6-12H,1-5H3/t12-/m0/s1. The third-order valence-electron chi connectivity index (χ3n) is 4.17. The van der Waals surface area contributed by atoms with E-state index in [4.69, 9.17) is 9.47 Å². The van der Waals surface area contributed by atoms with Crippen LogP contribution in [0.1, 0.15) is 38.8 Å². The first-order valence-electron chi connectivity index (χ1n) is 9.39. The molecule has 0 fully saturated rings. The molecule has 0 radical (unpaired) electrons. The third kappa shape index (κ3) is 6.57. The lowest BCUT2D eigenvalue weighted by Crippen LogP contribution is -2.33.